The van der Waals surface area contributed by atoms with Crippen LogP contribution < -0.4 is 16.2 Å². The molecule has 0 radical (unpaired) electrons. The Kier molecular flexibility index (Phi) is 4.44. The van der Waals surface area contributed by atoms with Gasteiger partial charge in [0.05, 0.1) is 4.90 Å². The number of carbonyl (C=O) groups is 1. The molecular weight excluding hydrogens is 254 g/mol. The van der Waals surface area contributed by atoms with Gasteiger partial charge >= 0.3 is 0 Å². The lowest BCUT2D eigenvalue weighted by Crippen LogP contribution is -2.26. The zero-order valence-electron chi connectivity index (χ0n) is 10.3. The number of nitrogens with two attached hydrogens (primary N) is 2. The molecule has 1 aromatic carbocycles. The quantitative estimate of drug-likeness (QED) is 0.724. The van der Waals surface area contributed by atoms with Crippen molar-refractivity contribution in [3.8, 4) is 0 Å². The Balaban J connectivity index is 3.04. The number of anilines is 1. The number of rotatable bonds is 4. The number of hydrogen-bond acceptors (Lipinski definition) is 4. The third kappa shape index (κ3) is 3.52. The maximum absolute atomic E-state index is 11.6. The highest BCUT2D eigenvalue weighted by atomic mass is 32.2. The van der Waals surface area contributed by atoms with Crippen LogP contribution in [0.2, 0.25) is 0 Å². The van der Waals surface area contributed by atoms with E-state index in [1.54, 1.807) is 26.0 Å². The largest absolute Gasteiger partial charge is 0.330 e. The van der Waals surface area contributed by atoms with Gasteiger partial charge in [0.15, 0.2) is 0 Å². The van der Waals surface area contributed by atoms with Crippen molar-refractivity contribution in [3.63, 3.8) is 0 Å². The summed E-state index contributed by atoms with van der Waals surface area (Å²) in [6.45, 7) is 3.54. The van der Waals surface area contributed by atoms with Gasteiger partial charge in [-0.05, 0) is 24.6 Å². The van der Waals surface area contributed by atoms with E-state index in [9.17, 15) is 13.2 Å². The van der Waals surface area contributed by atoms with Gasteiger partial charge in [-0.15, -0.1) is 0 Å². The minimum Gasteiger partial charge on any atom is -0.330 e. The average molecular weight is 271 g/mol. The van der Waals surface area contributed by atoms with Gasteiger partial charge in [-0.25, -0.2) is 13.6 Å². The molecule has 1 unspecified atom stereocenters. The van der Waals surface area contributed by atoms with Crippen LogP contribution >= 0.6 is 0 Å². The zero-order valence-corrected chi connectivity index (χ0v) is 11.1. The molecule has 0 aromatic heterocycles. The lowest BCUT2D eigenvalue weighted by atomic mass is 10.1. The fourth-order valence-corrected chi connectivity index (χ4v) is 2.16. The Bertz CT molecular complexity index is 555. The number of carbonyl (C=O) groups excluding carboxylic acids is 1. The highest BCUT2D eigenvalue weighted by Crippen LogP contribution is 2.19. The second-order valence-corrected chi connectivity index (χ2v) is 5.68. The third-order valence-corrected chi connectivity index (χ3v) is 3.62. The van der Waals surface area contributed by atoms with Crippen LogP contribution in [0.5, 0.6) is 0 Å². The van der Waals surface area contributed by atoms with E-state index >= 15 is 0 Å². The molecule has 0 bridgehead atoms. The summed E-state index contributed by atoms with van der Waals surface area (Å²) in [6.07, 6.45) is 0. The van der Waals surface area contributed by atoms with Gasteiger partial charge in [-0.1, -0.05) is 13.0 Å². The monoisotopic (exact) mass is 271 g/mol. The molecule has 100 valence electrons. The summed E-state index contributed by atoms with van der Waals surface area (Å²) in [5, 5.41) is 7.68. The summed E-state index contributed by atoms with van der Waals surface area (Å²) in [5.74, 6) is -0.606. The maximum atomic E-state index is 11.6. The summed E-state index contributed by atoms with van der Waals surface area (Å²) in [6, 6.07) is 4.54. The Morgan fingerprint density at radius 2 is 2.06 bits per heavy atom. The summed E-state index contributed by atoms with van der Waals surface area (Å²) in [7, 11) is -3.79. The number of aryl methyl sites for hydroxylation is 1. The van der Waals surface area contributed by atoms with E-state index in [4.69, 9.17) is 10.9 Å². The van der Waals surface area contributed by atoms with Crippen molar-refractivity contribution in [3.05, 3.63) is 23.8 Å². The van der Waals surface area contributed by atoms with Crippen LogP contribution in [0.1, 0.15) is 12.5 Å². The molecule has 7 heteroatoms. The van der Waals surface area contributed by atoms with Gasteiger partial charge in [0, 0.05) is 18.2 Å². The molecule has 0 heterocycles. The molecule has 1 rings (SSSR count). The zero-order chi connectivity index (χ0) is 13.9. The van der Waals surface area contributed by atoms with E-state index in [0.29, 0.717) is 11.3 Å². The molecule has 1 amide bonds. The number of primary sulfonamides is 1. The molecule has 5 N–H and O–H groups in total. The molecule has 0 saturated carbocycles. The third-order valence-electron chi connectivity index (χ3n) is 2.56. The first-order valence-corrected chi connectivity index (χ1v) is 6.94. The van der Waals surface area contributed by atoms with Crippen LogP contribution in [0.4, 0.5) is 5.69 Å². The first kappa shape index (κ1) is 14.6. The Hall–Kier alpha value is -1.44. The molecule has 1 aromatic rings. The minimum absolute atomic E-state index is 0.000650. The average Bonchev–Trinajstić information content (AvgIpc) is 2.29. The molecule has 0 spiro atoms. The van der Waals surface area contributed by atoms with Crippen molar-refractivity contribution in [1.29, 1.82) is 0 Å². The first-order valence-electron chi connectivity index (χ1n) is 5.40. The SMILES string of the molecule is Cc1ccc(NC(=O)C(C)CN)cc1S(N)(=O)=O. The summed E-state index contributed by atoms with van der Waals surface area (Å²) in [4.78, 5) is 11.6. The van der Waals surface area contributed by atoms with E-state index in [0.717, 1.165) is 0 Å². The van der Waals surface area contributed by atoms with Crippen LogP contribution in [0.15, 0.2) is 23.1 Å². The first-order chi connectivity index (χ1) is 8.25. The lowest BCUT2D eigenvalue weighted by Gasteiger charge is -2.11. The highest BCUT2D eigenvalue weighted by molar-refractivity contribution is 7.89. The fraction of sp³-hybridized carbons (Fsp3) is 0.364. The molecule has 0 aliphatic carbocycles. The van der Waals surface area contributed by atoms with Gasteiger partial charge < -0.3 is 11.1 Å². The van der Waals surface area contributed by atoms with Gasteiger partial charge in [0.25, 0.3) is 0 Å². The highest BCUT2D eigenvalue weighted by Gasteiger charge is 2.15. The molecule has 0 aliphatic rings. The van der Waals surface area contributed by atoms with Crippen LogP contribution in [-0.2, 0) is 14.8 Å². The molecule has 0 saturated heterocycles. The molecule has 1 atom stereocenters. The number of hydrogen-bond donors (Lipinski definition) is 3. The number of benzene rings is 1. The number of sulfonamides is 1. The lowest BCUT2D eigenvalue weighted by molar-refractivity contribution is -0.119. The van der Waals surface area contributed by atoms with Crippen molar-refractivity contribution in [2.75, 3.05) is 11.9 Å². The predicted octanol–water partition coefficient (Wildman–Crippen LogP) is 0.176. The molecule has 18 heavy (non-hydrogen) atoms. The van der Waals surface area contributed by atoms with Gasteiger partial charge in [-0.3, -0.25) is 4.79 Å². The number of amides is 1. The van der Waals surface area contributed by atoms with Crippen molar-refractivity contribution < 1.29 is 13.2 Å². The van der Waals surface area contributed by atoms with Crippen molar-refractivity contribution in [2.24, 2.45) is 16.8 Å². The second kappa shape index (κ2) is 5.47. The minimum atomic E-state index is -3.79. The van der Waals surface area contributed by atoms with Crippen LogP contribution in [0, 0.1) is 12.8 Å². The van der Waals surface area contributed by atoms with E-state index in [1.807, 2.05) is 0 Å². The smallest absolute Gasteiger partial charge is 0.238 e. The van der Waals surface area contributed by atoms with Crippen molar-refractivity contribution in [2.45, 2.75) is 18.7 Å². The molecule has 0 fully saturated rings. The van der Waals surface area contributed by atoms with Gasteiger partial charge in [0.2, 0.25) is 15.9 Å². The Morgan fingerprint density at radius 3 is 2.56 bits per heavy atom. The van der Waals surface area contributed by atoms with Crippen LogP contribution in [-0.4, -0.2) is 20.9 Å². The molecular formula is C11H17N3O3S. The molecule has 0 aliphatic heterocycles. The van der Waals surface area contributed by atoms with Gasteiger partial charge in [-0.2, -0.15) is 0 Å². The Morgan fingerprint density at radius 1 is 1.44 bits per heavy atom. The normalized spacial score (nSPS) is 13.1. The van der Waals surface area contributed by atoms with E-state index in [-0.39, 0.29) is 23.3 Å². The van der Waals surface area contributed by atoms with Crippen molar-refractivity contribution in [1.82, 2.24) is 0 Å². The topological polar surface area (TPSA) is 115 Å². The van der Waals surface area contributed by atoms with Gasteiger partial charge in [0.1, 0.15) is 0 Å². The van der Waals surface area contributed by atoms with E-state index in [2.05, 4.69) is 5.32 Å². The molecule has 6 nitrogen and oxygen atoms in total. The number of nitrogens with one attached hydrogen (secondary N) is 1. The standard InChI is InChI=1S/C11H17N3O3S/c1-7-3-4-9(5-10(7)18(13,16)17)14-11(15)8(2)6-12/h3-5,8H,6,12H2,1-2H3,(H,14,15)(H2,13,16,17). The maximum Gasteiger partial charge on any atom is 0.238 e. The van der Waals surface area contributed by atoms with Crippen molar-refractivity contribution >= 4 is 21.6 Å². The second-order valence-electron chi connectivity index (χ2n) is 4.15. The summed E-state index contributed by atoms with van der Waals surface area (Å²) < 4.78 is 22.7. The Labute approximate surface area is 106 Å². The van der Waals surface area contributed by atoms with Crippen LogP contribution in [0.3, 0.4) is 0 Å². The predicted molar refractivity (Wildman–Crippen MR) is 69.4 cm³/mol. The summed E-state index contributed by atoms with van der Waals surface area (Å²) >= 11 is 0. The fourth-order valence-electron chi connectivity index (χ4n) is 1.36. The van der Waals surface area contributed by atoms with E-state index < -0.39 is 10.0 Å². The van der Waals surface area contributed by atoms with Crippen LogP contribution in [0.25, 0.3) is 0 Å². The van der Waals surface area contributed by atoms with E-state index in [1.165, 1.54) is 6.07 Å². The summed E-state index contributed by atoms with van der Waals surface area (Å²) in [5.41, 5.74) is 6.29.